The van der Waals surface area contributed by atoms with E-state index in [2.05, 4.69) is 15.9 Å². The highest BCUT2D eigenvalue weighted by Gasteiger charge is 2.17. The van der Waals surface area contributed by atoms with Crippen LogP contribution in [-0.2, 0) is 6.54 Å². The number of furan rings is 1. The first-order valence-electron chi connectivity index (χ1n) is 6.04. The van der Waals surface area contributed by atoms with Gasteiger partial charge in [-0.15, -0.1) is 0 Å². The smallest absolute Gasteiger partial charge is 0.255 e. The highest BCUT2D eigenvalue weighted by molar-refractivity contribution is 9.10. The van der Waals surface area contributed by atoms with Crippen molar-refractivity contribution in [1.29, 1.82) is 0 Å². The van der Waals surface area contributed by atoms with Crippen LogP contribution in [0, 0.1) is 13.8 Å². The van der Waals surface area contributed by atoms with E-state index in [1.54, 1.807) is 18.2 Å². The van der Waals surface area contributed by atoms with E-state index >= 15 is 0 Å². The first-order chi connectivity index (χ1) is 9.00. The standard InChI is InChI=1S/C15H16BrNO2/c1-10-5-4-6-13(14(10)16)15(18)17(3)9-12-7-8-19-11(12)2/h4-8H,9H2,1-3H3. The monoisotopic (exact) mass is 321 g/mol. The second-order valence-electron chi connectivity index (χ2n) is 4.60. The van der Waals surface area contributed by atoms with Crippen LogP contribution in [0.25, 0.3) is 0 Å². The summed E-state index contributed by atoms with van der Waals surface area (Å²) in [5, 5.41) is 0. The van der Waals surface area contributed by atoms with Crippen molar-refractivity contribution in [3.05, 3.63) is 57.5 Å². The van der Waals surface area contributed by atoms with Gasteiger partial charge in [0, 0.05) is 23.6 Å². The summed E-state index contributed by atoms with van der Waals surface area (Å²) in [6.07, 6.45) is 1.64. The predicted molar refractivity (Wildman–Crippen MR) is 78.1 cm³/mol. The van der Waals surface area contributed by atoms with Crippen molar-refractivity contribution in [1.82, 2.24) is 4.90 Å². The van der Waals surface area contributed by atoms with Crippen LogP contribution in [0.3, 0.4) is 0 Å². The number of halogens is 1. The molecule has 3 nitrogen and oxygen atoms in total. The summed E-state index contributed by atoms with van der Waals surface area (Å²) < 4.78 is 6.10. The van der Waals surface area contributed by atoms with Crippen molar-refractivity contribution >= 4 is 21.8 Å². The largest absolute Gasteiger partial charge is 0.469 e. The zero-order chi connectivity index (χ0) is 14.0. The SMILES string of the molecule is Cc1cccc(C(=O)N(C)Cc2ccoc2C)c1Br. The van der Waals surface area contributed by atoms with E-state index in [1.165, 1.54) is 0 Å². The third-order valence-corrected chi connectivity index (χ3v) is 4.20. The number of aryl methyl sites for hydroxylation is 2. The van der Waals surface area contributed by atoms with E-state index < -0.39 is 0 Å². The molecule has 0 N–H and O–H groups in total. The van der Waals surface area contributed by atoms with Gasteiger partial charge in [0.2, 0.25) is 0 Å². The van der Waals surface area contributed by atoms with Gasteiger partial charge in [0.05, 0.1) is 11.8 Å². The minimum absolute atomic E-state index is 0.00354. The van der Waals surface area contributed by atoms with Crippen molar-refractivity contribution in [3.63, 3.8) is 0 Å². The quantitative estimate of drug-likeness (QED) is 0.858. The molecule has 100 valence electrons. The molecule has 1 amide bonds. The maximum atomic E-state index is 12.4. The molecule has 0 saturated carbocycles. The molecule has 4 heteroatoms. The molecule has 0 atom stereocenters. The van der Waals surface area contributed by atoms with Crippen molar-refractivity contribution in [3.8, 4) is 0 Å². The molecular weight excluding hydrogens is 306 g/mol. The Morgan fingerprint density at radius 1 is 1.32 bits per heavy atom. The first kappa shape index (κ1) is 13.9. The van der Waals surface area contributed by atoms with Crippen LogP contribution in [0.1, 0.15) is 27.2 Å². The average Bonchev–Trinajstić information content (AvgIpc) is 2.77. The van der Waals surface area contributed by atoms with Crippen molar-refractivity contribution < 1.29 is 9.21 Å². The molecule has 19 heavy (non-hydrogen) atoms. The fraction of sp³-hybridized carbons (Fsp3) is 0.267. The van der Waals surface area contributed by atoms with E-state index in [0.29, 0.717) is 12.1 Å². The summed E-state index contributed by atoms with van der Waals surface area (Å²) in [6, 6.07) is 7.59. The van der Waals surface area contributed by atoms with Crippen LogP contribution < -0.4 is 0 Å². The average molecular weight is 322 g/mol. The predicted octanol–water partition coefficient (Wildman–Crippen LogP) is 3.93. The lowest BCUT2D eigenvalue weighted by molar-refractivity contribution is 0.0783. The molecule has 2 aromatic rings. The normalized spacial score (nSPS) is 10.5. The molecule has 2 rings (SSSR count). The topological polar surface area (TPSA) is 33.5 Å². The van der Waals surface area contributed by atoms with E-state index in [-0.39, 0.29) is 5.91 Å². The summed E-state index contributed by atoms with van der Waals surface area (Å²) in [6.45, 7) is 4.42. The van der Waals surface area contributed by atoms with Gasteiger partial charge in [0.15, 0.2) is 0 Å². The van der Waals surface area contributed by atoms with Gasteiger partial charge in [0.1, 0.15) is 5.76 Å². The Balaban J connectivity index is 2.20. The summed E-state index contributed by atoms with van der Waals surface area (Å²) >= 11 is 3.48. The number of nitrogens with zero attached hydrogens (tertiary/aromatic N) is 1. The number of hydrogen-bond acceptors (Lipinski definition) is 2. The van der Waals surface area contributed by atoms with Crippen LogP contribution >= 0.6 is 15.9 Å². The Hall–Kier alpha value is -1.55. The third kappa shape index (κ3) is 2.89. The van der Waals surface area contributed by atoms with Gasteiger partial charge < -0.3 is 9.32 Å². The van der Waals surface area contributed by atoms with Gasteiger partial charge in [-0.1, -0.05) is 12.1 Å². The lowest BCUT2D eigenvalue weighted by atomic mass is 10.1. The van der Waals surface area contributed by atoms with Gasteiger partial charge >= 0.3 is 0 Å². The highest BCUT2D eigenvalue weighted by Crippen LogP contribution is 2.23. The Kier molecular flexibility index (Phi) is 4.10. The second kappa shape index (κ2) is 5.61. The maximum Gasteiger partial charge on any atom is 0.255 e. The molecule has 0 radical (unpaired) electrons. The van der Waals surface area contributed by atoms with E-state index in [4.69, 9.17) is 4.42 Å². The van der Waals surface area contributed by atoms with Gasteiger partial charge in [-0.25, -0.2) is 0 Å². The summed E-state index contributed by atoms with van der Waals surface area (Å²) in [5.74, 6) is 0.846. The van der Waals surface area contributed by atoms with Crippen LogP contribution in [0.4, 0.5) is 0 Å². The second-order valence-corrected chi connectivity index (χ2v) is 5.39. The molecule has 0 saturated heterocycles. The van der Waals surface area contributed by atoms with Gasteiger partial charge in [-0.05, 0) is 47.5 Å². The summed E-state index contributed by atoms with van der Waals surface area (Å²) in [7, 11) is 1.80. The van der Waals surface area contributed by atoms with E-state index in [9.17, 15) is 4.79 Å². The number of carbonyl (C=O) groups is 1. The van der Waals surface area contributed by atoms with Crippen LogP contribution in [0.5, 0.6) is 0 Å². The van der Waals surface area contributed by atoms with Crippen LogP contribution in [0.2, 0.25) is 0 Å². The summed E-state index contributed by atoms with van der Waals surface area (Å²) in [5.41, 5.74) is 2.77. The highest BCUT2D eigenvalue weighted by atomic mass is 79.9. The van der Waals surface area contributed by atoms with Gasteiger partial charge in [-0.3, -0.25) is 4.79 Å². The minimum atomic E-state index is -0.00354. The lowest BCUT2D eigenvalue weighted by Gasteiger charge is -2.18. The molecule has 1 aromatic carbocycles. The maximum absolute atomic E-state index is 12.4. The van der Waals surface area contributed by atoms with Crippen LogP contribution in [-0.4, -0.2) is 17.9 Å². The Bertz CT molecular complexity index is 604. The molecule has 0 spiro atoms. The van der Waals surface area contributed by atoms with Crippen LogP contribution in [0.15, 0.2) is 39.4 Å². The molecule has 1 aromatic heterocycles. The molecular formula is C15H16BrNO2. The Morgan fingerprint density at radius 3 is 2.68 bits per heavy atom. The minimum Gasteiger partial charge on any atom is -0.469 e. The zero-order valence-corrected chi connectivity index (χ0v) is 12.8. The molecule has 0 bridgehead atoms. The molecule has 0 aliphatic rings. The fourth-order valence-electron chi connectivity index (χ4n) is 1.92. The molecule has 0 unspecified atom stereocenters. The van der Waals surface area contributed by atoms with Crippen molar-refractivity contribution in [2.24, 2.45) is 0 Å². The van der Waals surface area contributed by atoms with Gasteiger partial charge in [-0.2, -0.15) is 0 Å². The number of rotatable bonds is 3. The number of hydrogen-bond donors (Lipinski definition) is 0. The Morgan fingerprint density at radius 2 is 2.05 bits per heavy atom. The number of benzene rings is 1. The van der Waals surface area contributed by atoms with E-state index in [1.807, 2.05) is 38.1 Å². The zero-order valence-electron chi connectivity index (χ0n) is 11.2. The fourth-order valence-corrected chi connectivity index (χ4v) is 2.35. The Labute approximate surface area is 121 Å². The van der Waals surface area contributed by atoms with Crippen molar-refractivity contribution in [2.75, 3.05) is 7.05 Å². The molecule has 0 aliphatic heterocycles. The van der Waals surface area contributed by atoms with Crippen molar-refractivity contribution in [2.45, 2.75) is 20.4 Å². The first-order valence-corrected chi connectivity index (χ1v) is 6.83. The third-order valence-electron chi connectivity index (χ3n) is 3.14. The number of amides is 1. The molecule has 0 fully saturated rings. The van der Waals surface area contributed by atoms with E-state index in [0.717, 1.165) is 21.4 Å². The van der Waals surface area contributed by atoms with Gasteiger partial charge in [0.25, 0.3) is 5.91 Å². The number of carbonyl (C=O) groups excluding carboxylic acids is 1. The molecule has 0 aliphatic carbocycles. The lowest BCUT2D eigenvalue weighted by Crippen LogP contribution is -2.26. The summed E-state index contributed by atoms with van der Waals surface area (Å²) in [4.78, 5) is 14.1. The molecule has 1 heterocycles.